The van der Waals surface area contributed by atoms with Gasteiger partial charge in [-0.25, -0.2) is 9.97 Å². The monoisotopic (exact) mass is 415 g/mol. The molecule has 0 spiro atoms. The van der Waals surface area contributed by atoms with Gasteiger partial charge in [-0.3, -0.25) is 4.79 Å². The fourth-order valence-corrected chi connectivity index (χ4v) is 4.40. The number of aryl methyl sites for hydroxylation is 2. The lowest BCUT2D eigenvalue weighted by Crippen LogP contribution is -2.32. The standard InChI is InChI=1S/C26H29N3O2/c1-4-7-22(25(30)31)23-18(3)27-26(28-24(23)20-12-10-17(2)11-13-20)29-15-14-19-8-5-6-9-21(19)16-29/h5-6,8-13,22H,4,7,14-16H2,1-3H3,(H,30,31). The second kappa shape index (κ2) is 8.88. The van der Waals surface area contributed by atoms with Crippen molar-refractivity contribution in [3.8, 4) is 11.3 Å². The lowest BCUT2D eigenvalue weighted by Gasteiger charge is -2.30. The van der Waals surface area contributed by atoms with E-state index in [1.54, 1.807) is 0 Å². The molecule has 1 aromatic heterocycles. The average Bonchev–Trinajstić information content (AvgIpc) is 2.77. The summed E-state index contributed by atoms with van der Waals surface area (Å²) in [6, 6.07) is 16.6. The molecule has 1 aliphatic heterocycles. The summed E-state index contributed by atoms with van der Waals surface area (Å²) in [6.07, 6.45) is 2.30. The van der Waals surface area contributed by atoms with Crippen LogP contribution < -0.4 is 4.90 Å². The molecule has 0 bridgehead atoms. The predicted octanol–water partition coefficient (Wildman–Crippen LogP) is 5.29. The zero-order valence-electron chi connectivity index (χ0n) is 18.4. The number of benzene rings is 2. The fraction of sp³-hybridized carbons (Fsp3) is 0.346. The Balaban J connectivity index is 1.82. The number of aromatic nitrogens is 2. The van der Waals surface area contributed by atoms with E-state index in [0.29, 0.717) is 12.4 Å². The number of aliphatic carboxylic acids is 1. The molecule has 160 valence electrons. The van der Waals surface area contributed by atoms with Crippen LogP contribution in [-0.4, -0.2) is 27.6 Å². The average molecular weight is 416 g/mol. The highest BCUT2D eigenvalue weighted by Gasteiger charge is 2.28. The molecule has 31 heavy (non-hydrogen) atoms. The quantitative estimate of drug-likeness (QED) is 0.592. The first-order valence-electron chi connectivity index (χ1n) is 11.0. The van der Waals surface area contributed by atoms with Crippen LogP contribution in [0.5, 0.6) is 0 Å². The summed E-state index contributed by atoms with van der Waals surface area (Å²) in [5, 5.41) is 9.96. The highest BCUT2D eigenvalue weighted by molar-refractivity contribution is 5.81. The summed E-state index contributed by atoms with van der Waals surface area (Å²) < 4.78 is 0. The van der Waals surface area contributed by atoms with Gasteiger partial charge in [-0.1, -0.05) is 67.4 Å². The maximum Gasteiger partial charge on any atom is 0.311 e. The Morgan fingerprint density at radius 1 is 1.06 bits per heavy atom. The van der Waals surface area contributed by atoms with E-state index in [2.05, 4.69) is 29.2 Å². The van der Waals surface area contributed by atoms with E-state index in [1.165, 1.54) is 11.1 Å². The molecule has 0 aliphatic carbocycles. The van der Waals surface area contributed by atoms with Gasteiger partial charge in [0.2, 0.25) is 5.95 Å². The molecule has 1 unspecified atom stereocenters. The SMILES string of the molecule is CCCC(C(=O)O)c1c(C)nc(N2CCc3ccccc3C2)nc1-c1ccc(C)cc1. The van der Waals surface area contributed by atoms with Gasteiger partial charge < -0.3 is 10.0 Å². The second-order valence-electron chi connectivity index (χ2n) is 8.36. The molecule has 3 aromatic rings. The Labute approximate surface area is 183 Å². The van der Waals surface area contributed by atoms with E-state index < -0.39 is 11.9 Å². The number of anilines is 1. The Bertz CT molecular complexity index is 1090. The molecule has 5 nitrogen and oxygen atoms in total. The van der Waals surface area contributed by atoms with Crippen LogP contribution in [-0.2, 0) is 17.8 Å². The molecule has 2 heterocycles. The van der Waals surface area contributed by atoms with Gasteiger partial charge in [0.15, 0.2) is 0 Å². The molecule has 0 radical (unpaired) electrons. The zero-order valence-corrected chi connectivity index (χ0v) is 18.4. The van der Waals surface area contributed by atoms with Crippen LogP contribution in [0.1, 0.15) is 53.6 Å². The third-order valence-corrected chi connectivity index (χ3v) is 6.09. The molecule has 0 saturated heterocycles. The molecular weight excluding hydrogens is 386 g/mol. The lowest BCUT2D eigenvalue weighted by molar-refractivity contribution is -0.139. The topological polar surface area (TPSA) is 66.3 Å². The van der Waals surface area contributed by atoms with Gasteiger partial charge in [-0.2, -0.15) is 0 Å². The summed E-state index contributed by atoms with van der Waals surface area (Å²) in [7, 11) is 0. The molecule has 0 saturated carbocycles. The summed E-state index contributed by atoms with van der Waals surface area (Å²) in [5.74, 6) is -0.758. The molecular formula is C26H29N3O2. The van der Waals surface area contributed by atoms with Gasteiger partial charge in [-0.15, -0.1) is 0 Å². The maximum atomic E-state index is 12.1. The first kappa shape index (κ1) is 21.0. The van der Waals surface area contributed by atoms with Crippen LogP contribution >= 0.6 is 0 Å². The van der Waals surface area contributed by atoms with Crippen molar-refractivity contribution in [2.45, 2.75) is 52.5 Å². The first-order valence-corrected chi connectivity index (χ1v) is 11.0. The van der Waals surface area contributed by atoms with Crippen molar-refractivity contribution < 1.29 is 9.90 Å². The number of carbonyl (C=O) groups is 1. The zero-order chi connectivity index (χ0) is 22.0. The first-order chi connectivity index (χ1) is 15.0. The maximum absolute atomic E-state index is 12.1. The number of nitrogens with zero attached hydrogens (tertiary/aromatic N) is 3. The summed E-state index contributed by atoms with van der Waals surface area (Å²) in [6.45, 7) is 7.59. The minimum atomic E-state index is -0.818. The molecule has 4 rings (SSSR count). The lowest BCUT2D eigenvalue weighted by atomic mass is 9.89. The minimum Gasteiger partial charge on any atom is -0.481 e. The van der Waals surface area contributed by atoms with E-state index in [9.17, 15) is 9.90 Å². The molecule has 5 heteroatoms. The van der Waals surface area contributed by atoms with Gasteiger partial charge in [0, 0.05) is 29.9 Å². The summed E-state index contributed by atoms with van der Waals surface area (Å²) in [5.41, 5.74) is 6.99. The van der Waals surface area contributed by atoms with Crippen molar-refractivity contribution >= 4 is 11.9 Å². The van der Waals surface area contributed by atoms with Crippen molar-refractivity contribution in [1.82, 2.24) is 9.97 Å². The number of fused-ring (bicyclic) bond motifs is 1. The van der Waals surface area contributed by atoms with Crippen LogP contribution in [0.2, 0.25) is 0 Å². The number of hydrogen-bond acceptors (Lipinski definition) is 4. The molecule has 1 aliphatic rings. The van der Waals surface area contributed by atoms with Crippen molar-refractivity contribution in [3.63, 3.8) is 0 Å². The van der Waals surface area contributed by atoms with Crippen LogP contribution in [0.3, 0.4) is 0 Å². The fourth-order valence-electron chi connectivity index (χ4n) is 4.40. The normalized spacial score (nSPS) is 14.2. The Kier molecular flexibility index (Phi) is 6.03. The smallest absolute Gasteiger partial charge is 0.311 e. The van der Waals surface area contributed by atoms with E-state index in [1.807, 2.05) is 45.0 Å². The van der Waals surface area contributed by atoms with Gasteiger partial charge in [0.05, 0.1) is 11.6 Å². The van der Waals surface area contributed by atoms with Gasteiger partial charge >= 0.3 is 5.97 Å². The number of hydrogen-bond donors (Lipinski definition) is 1. The van der Waals surface area contributed by atoms with Crippen LogP contribution in [0.25, 0.3) is 11.3 Å². The van der Waals surface area contributed by atoms with E-state index >= 15 is 0 Å². The van der Waals surface area contributed by atoms with E-state index in [0.717, 1.165) is 54.0 Å². The predicted molar refractivity (Wildman–Crippen MR) is 123 cm³/mol. The van der Waals surface area contributed by atoms with Crippen molar-refractivity contribution in [3.05, 3.63) is 76.5 Å². The van der Waals surface area contributed by atoms with E-state index in [-0.39, 0.29) is 0 Å². The van der Waals surface area contributed by atoms with Gasteiger partial charge in [0.1, 0.15) is 0 Å². The number of carboxylic acids is 1. The summed E-state index contributed by atoms with van der Waals surface area (Å²) in [4.78, 5) is 24.1. The molecule has 1 N–H and O–H groups in total. The van der Waals surface area contributed by atoms with Crippen LogP contribution in [0.15, 0.2) is 48.5 Å². The Hall–Kier alpha value is -3.21. The Morgan fingerprint density at radius 2 is 1.77 bits per heavy atom. The van der Waals surface area contributed by atoms with Crippen molar-refractivity contribution in [1.29, 1.82) is 0 Å². The molecule has 0 amide bonds. The highest BCUT2D eigenvalue weighted by Crippen LogP contribution is 2.35. The Morgan fingerprint density at radius 3 is 2.45 bits per heavy atom. The van der Waals surface area contributed by atoms with Crippen molar-refractivity contribution in [2.24, 2.45) is 0 Å². The molecule has 0 fully saturated rings. The van der Waals surface area contributed by atoms with Crippen LogP contribution in [0, 0.1) is 13.8 Å². The highest BCUT2D eigenvalue weighted by atomic mass is 16.4. The second-order valence-corrected chi connectivity index (χ2v) is 8.36. The number of rotatable bonds is 6. The van der Waals surface area contributed by atoms with Crippen LogP contribution in [0.4, 0.5) is 5.95 Å². The van der Waals surface area contributed by atoms with Gasteiger partial charge in [0.25, 0.3) is 0 Å². The summed E-state index contributed by atoms with van der Waals surface area (Å²) >= 11 is 0. The van der Waals surface area contributed by atoms with Crippen molar-refractivity contribution in [2.75, 3.05) is 11.4 Å². The van der Waals surface area contributed by atoms with Gasteiger partial charge in [-0.05, 0) is 37.8 Å². The molecule has 2 aromatic carbocycles. The largest absolute Gasteiger partial charge is 0.481 e. The third kappa shape index (κ3) is 4.31. The minimum absolute atomic E-state index is 0.564. The third-order valence-electron chi connectivity index (χ3n) is 6.09. The molecule has 1 atom stereocenters. The number of carboxylic acid groups (broad SMARTS) is 1. The van der Waals surface area contributed by atoms with E-state index in [4.69, 9.17) is 9.97 Å².